The molecule has 0 aliphatic carbocycles. The molecule has 0 bridgehead atoms. The van der Waals surface area contributed by atoms with E-state index in [1.54, 1.807) is 0 Å². The van der Waals surface area contributed by atoms with Crippen LogP contribution in [-0.2, 0) is 5.75 Å². The van der Waals surface area contributed by atoms with Crippen LogP contribution in [0.25, 0.3) is 0 Å². The average Bonchev–Trinajstić information content (AvgIpc) is 2.73. The molecule has 12 heteroatoms. The van der Waals surface area contributed by atoms with Crippen LogP contribution in [0.15, 0.2) is 60.0 Å². The highest BCUT2D eigenvalue weighted by Gasteiger charge is 2.31. The number of hydrogen-bond acceptors (Lipinski definition) is 6. The summed E-state index contributed by atoms with van der Waals surface area (Å²) in [6, 6.07) is 8.90. The van der Waals surface area contributed by atoms with E-state index in [1.165, 1.54) is 48.8 Å². The number of halogens is 4. The first kappa shape index (κ1) is 22.6. The van der Waals surface area contributed by atoms with Gasteiger partial charge in [-0.1, -0.05) is 17.8 Å². The Morgan fingerprint density at radius 1 is 1.13 bits per heavy atom. The number of alkyl halides is 3. The van der Waals surface area contributed by atoms with Gasteiger partial charge in [0.05, 0.1) is 5.56 Å². The number of nitrogens with zero attached hydrogens (tertiary/aromatic N) is 2. The number of carbonyl (C=O) groups is 1. The van der Waals surface area contributed by atoms with Gasteiger partial charge in [-0.3, -0.25) is 4.79 Å². The number of anilines is 1. The van der Waals surface area contributed by atoms with Gasteiger partial charge < -0.3 is 15.1 Å². The summed E-state index contributed by atoms with van der Waals surface area (Å²) in [7, 11) is -0.356. The topological polar surface area (TPSA) is 84.3 Å². The average molecular weight is 451 g/mol. The number of nitrogens with one attached hydrogen (secondary N) is 1. The summed E-state index contributed by atoms with van der Waals surface area (Å²) in [5.74, 6) is -1.13. The standard InChI is InChI=1S/C19H14BF4N3O3S/c21-13-1-3-14(4-2-13)27-17(28)12-8-25-18(26-9-12)31-10-11-7-15(30-19(22,23)24)5-6-16(11)20-29/h1-9,20,29H,10H2,(H,27,28). The molecular formula is C19H14BF4N3O3S. The fraction of sp³-hybridized carbons (Fsp3) is 0.105. The van der Waals surface area contributed by atoms with Crippen LogP contribution < -0.4 is 15.5 Å². The second kappa shape index (κ2) is 9.79. The van der Waals surface area contributed by atoms with Crippen LogP contribution in [-0.4, -0.2) is 34.7 Å². The van der Waals surface area contributed by atoms with Gasteiger partial charge in [-0.05, 0) is 47.4 Å². The zero-order chi connectivity index (χ0) is 22.4. The van der Waals surface area contributed by atoms with Crippen LogP contribution in [0.3, 0.4) is 0 Å². The number of amides is 1. The zero-order valence-electron chi connectivity index (χ0n) is 15.7. The van der Waals surface area contributed by atoms with Crippen molar-refractivity contribution >= 4 is 36.3 Å². The second-order valence-electron chi connectivity index (χ2n) is 6.14. The van der Waals surface area contributed by atoms with Gasteiger partial charge in [0.2, 0.25) is 0 Å². The second-order valence-corrected chi connectivity index (χ2v) is 7.08. The Hall–Kier alpha value is -3.12. The van der Waals surface area contributed by atoms with Crippen LogP contribution in [0.4, 0.5) is 23.2 Å². The van der Waals surface area contributed by atoms with E-state index in [9.17, 15) is 27.4 Å². The summed E-state index contributed by atoms with van der Waals surface area (Å²) in [5, 5.41) is 12.3. The summed E-state index contributed by atoms with van der Waals surface area (Å²) in [4.78, 5) is 20.3. The molecule has 0 spiro atoms. The number of benzene rings is 2. The first-order valence-electron chi connectivity index (χ1n) is 8.73. The molecule has 1 amide bonds. The molecule has 0 saturated carbocycles. The molecule has 3 aromatic rings. The predicted molar refractivity (Wildman–Crippen MR) is 108 cm³/mol. The molecule has 6 nitrogen and oxygen atoms in total. The molecular weight excluding hydrogens is 437 g/mol. The summed E-state index contributed by atoms with van der Waals surface area (Å²) >= 11 is 1.11. The number of carbonyl (C=O) groups excluding carboxylic acids is 1. The molecule has 31 heavy (non-hydrogen) atoms. The van der Waals surface area contributed by atoms with Gasteiger partial charge in [0.1, 0.15) is 11.6 Å². The maximum atomic E-state index is 12.9. The molecule has 160 valence electrons. The quantitative estimate of drug-likeness (QED) is 0.249. The summed E-state index contributed by atoms with van der Waals surface area (Å²) in [6.45, 7) is 0. The van der Waals surface area contributed by atoms with Gasteiger partial charge in [0.25, 0.3) is 5.91 Å². The Morgan fingerprint density at radius 3 is 2.42 bits per heavy atom. The molecule has 0 fully saturated rings. The van der Waals surface area contributed by atoms with E-state index in [1.807, 2.05) is 0 Å². The summed E-state index contributed by atoms with van der Waals surface area (Å²) in [5.41, 5.74) is 1.45. The van der Waals surface area contributed by atoms with E-state index >= 15 is 0 Å². The molecule has 0 unspecified atom stereocenters. The lowest BCUT2D eigenvalue weighted by Crippen LogP contribution is -2.21. The Morgan fingerprint density at radius 2 is 1.81 bits per heavy atom. The monoisotopic (exact) mass is 451 g/mol. The van der Waals surface area contributed by atoms with Crippen LogP contribution in [0.1, 0.15) is 15.9 Å². The minimum atomic E-state index is -4.82. The molecule has 1 heterocycles. The van der Waals surface area contributed by atoms with E-state index in [0.717, 1.165) is 17.8 Å². The normalized spacial score (nSPS) is 11.1. The Labute approximate surface area is 179 Å². The van der Waals surface area contributed by atoms with Gasteiger partial charge >= 0.3 is 13.8 Å². The Bertz CT molecular complexity index is 1050. The maximum Gasteiger partial charge on any atom is 0.573 e. The Balaban J connectivity index is 1.64. The SMILES string of the molecule is O=C(Nc1ccc(F)cc1)c1cnc(SCc2cc(OC(F)(F)F)ccc2BO)nc1. The van der Waals surface area contributed by atoms with Crippen LogP contribution in [0.2, 0.25) is 0 Å². The largest absolute Gasteiger partial charge is 0.573 e. The molecule has 2 aromatic carbocycles. The molecule has 3 rings (SSSR count). The number of hydrogen-bond donors (Lipinski definition) is 2. The van der Waals surface area contributed by atoms with Crippen LogP contribution in [0.5, 0.6) is 5.75 Å². The molecule has 0 atom stereocenters. The van der Waals surface area contributed by atoms with Crippen molar-refractivity contribution in [2.75, 3.05) is 5.32 Å². The highest BCUT2D eigenvalue weighted by atomic mass is 32.2. The number of ether oxygens (including phenoxy) is 1. The Kier molecular flexibility index (Phi) is 7.13. The minimum Gasteiger partial charge on any atom is -0.449 e. The van der Waals surface area contributed by atoms with E-state index in [-0.39, 0.29) is 24.0 Å². The van der Waals surface area contributed by atoms with Gasteiger partial charge in [-0.2, -0.15) is 0 Å². The van der Waals surface area contributed by atoms with Crippen molar-refractivity contribution < 1.29 is 32.1 Å². The lowest BCUT2D eigenvalue weighted by atomic mass is 9.85. The van der Waals surface area contributed by atoms with Crippen molar-refractivity contribution in [2.24, 2.45) is 0 Å². The summed E-state index contributed by atoms with van der Waals surface area (Å²) in [6.07, 6.45) is -2.23. The highest BCUT2D eigenvalue weighted by Crippen LogP contribution is 2.25. The smallest absolute Gasteiger partial charge is 0.449 e. The van der Waals surface area contributed by atoms with Crippen molar-refractivity contribution in [3.63, 3.8) is 0 Å². The molecule has 0 radical (unpaired) electrons. The van der Waals surface area contributed by atoms with Gasteiger partial charge in [-0.15, -0.1) is 13.2 Å². The fourth-order valence-electron chi connectivity index (χ4n) is 2.47. The van der Waals surface area contributed by atoms with Crippen LogP contribution in [0, 0.1) is 5.82 Å². The summed E-state index contributed by atoms with van der Waals surface area (Å²) < 4.78 is 54.1. The predicted octanol–water partition coefficient (Wildman–Crippen LogP) is 3.03. The molecule has 0 saturated heterocycles. The zero-order valence-corrected chi connectivity index (χ0v) is 16.5. The van der Waals surface area contributed by atoms with Crippen molar-refractivity contribution in [1.82, 2.24) is 9.97 Å². The highest BCUT2D eigenvalue weighted by molar-refractivity contribution is 7.98. The lowest BCUT2D eigenvalue weighted by molar-refractivity contribution is -0.274. The van der Waals surface area contributed by atoms with Crippen molar-refractivity contribution in [3.8, 4) is 5.75 Å². The van der Waals surface area contributed by atoms with E-state index in [4.69, 9.17) is 0 Å². The maximum absolute atomic E-state index is 12.9. The van der Waals surface area contributed by atoms with Gasteiger partial charge in [0, 0.05) is 23.8 Å². The van der Waals surface area contributed by atoms with Crippen molar-refractivity contribution in [2.45, 2.75) is 17.3 Å². The van der Waals surface area contributed by atoms with Gasteiger partial charge in [0.15, 0.2) is 5.16 Å². The fourth-order valence-corrected chi connectivity index (χ4v) is 3.28. The third-order valence-corrected chi connectivity index (χ3v) is 4.86. The molecule has 0 aliphatic heterocycles. The number of thioether (sulfide) groups is 1. The lowest BCUT2D eigenvalue weighted by Gasteiger charge is -2.12. The molecule has 1 aromatic heterocycles. The van der Waals surface area contributed by atoms with E-state index in [0.29, 0.717) is 16.7 Å². The molecule has 2 N–H and O–H groups in total. The first-order chi connectivity index (χ1) is 14.7. The molecule has 0 aliphatic rings. The van der Waals surface area contributed by atoms with Gasteiger partial charge in [-0.25, -0.2) is 14.4 Å². The van der Waals surface area contributed by atoms with E-state index in [2.05, 4.69) is 20.0 Å². The third kappa shape index (κ3) is 6.69. The third-order valence-electron chi connectivity index (χ3n) is 3.93. The van der Waals surface area contributed by atoms with Crippen LogP contribution >= 0.6 is 11.8 Å². The van der Waals surface area contributed by atoms with Crippen molar-refractivity contribution in [3.05, 3.63) is 71.8 Å². The van der Waals surface area contributed by atoms with Crippen molar-refractivity contribution in [1.29, 1.82) is 0 Å². The number of rotatable bonds is 7. The minimum absolute atomic E-state index is 0.172. The number of aromatic nitrogens is 2. The first-order valence-corrected chi connectivity index (χ1v) is 9.72. The van der Waals surface area contributed by atoms with E-state index < -0.39 is 23.8 Å².